The maximum atomic E-state index is 13.2. The van der Waals surface area contributed by atoms with Crippen molar-refractivity contribution in [2.75, 3.05) is 6.54 Å². The number of nitrogens with zero attached hydrogens (tertiary/aromatic N) is 1. The zero-order valence-electron chi connectivity index (χ0n) is 17.9. The Labute approximate surface area is 177 Å². The van der Waals surface area contributed by atoms with Crippen LogP contribution in [0.1, 0.15) is 43.4 Å². The van der Waals surface area contributed by atoms with E-state index in [-0.39, 0.29) is 18.7 Å². The first-order valence-electron chi connectivity index (χ1n) is 10.1. The largest absolute Gasteiger partial charge is 0.444 e. The van der Waals surface area contributed by atoms with Crippen LogP contribution >= 0.6 is 0 Å². The molecule has 0 fully saturated rings. The minimum atomic E-state index is -0.590. The Balaban J connectivity index is 1.78. The van der Waals surface area contributed by atoms with Crippen molar-refractivity contribution in [3.8, 4) is 0 Å². The number of nitrogens with one attached hydrogen (secondary N) is 1. The molecule has 3 aromatic rings. The van der Waals surface area contributed by atoms with Gasteiger partial charge in [0.15, 0.2) is 0 Å². The molecule has 0 radical (unpaired) electrons. The summed E-state index contributed by atoms with van der Waals surface area (Å²) >= 11 is 0. The average Bonchev–Trinajstić information content (AvgIpc) is 2.68. The monoisotopic (exact) mass is 404 g/mol. The van der Waals surface area contributed by atoms with Gasteiger partial charge in [-0.05, 0) is 50.3 Å². The van der Waals surface area contributed by atoms with Crippen LogP contribution in [0.5, 0.6) is 0 Å². The smallest absolute Gasteiger partial charge is 0.407 e. The fraction of sp³-hybridized carbons (Fsp3) is 0.320. The molecule has 0 spiro atoms. The molecule has 1 amide bonds. The summed E-state index contributed by atoms with van der Waals surface area (Å²) in [7, 11) is 0. The zero-order valence-corrected chi connectivity index (χ0v) is 17.9. The lowest BCUT2D eigenvalue weighted by molar-refractivity contribution is -0.119. The standard InChI is InChI=1S/C25H28N2O3/c1-17-5-8-19(9-6-17)22(16-27-24(29)30-25(2,3)4)23(28)14-18-7-10-21-15-26-12-11-20(21)13-18/h5-13,15,22H,14,16H2,1-4H3,(H,27,29). The summed E-state index contributed by atoms with van der Waals surface area (Å²) in [6.07, 6.45) is 3.31. The second-order valence-corrected chi connectivity index (χ2v) is 8.55. The summed E-state index contributed by atoms with van der Waals surface area (Å²) in [4.78, 5) is 29.5. The van der Waals surface area contributed by atoms with Gasteiger partial charge in [-0.25, -0.2) is 4.79 Å². The topological polar surface area (TPSA) is 68.3 Å². The van der Waals surface area contributed by atoms with E-state index in [1.165, 1.54) is 0 Å². The minimum Gasteiger partial charge on any atom is -0.444 e. The molecule has 30 heavy (non-hydrogen) atoms. The number of benzene rings is 2. The van der Waals surface area contributed by atoms with Crippen molar-refractivity contribution in [3.63, 3.8) is 0 Å². The summed E-state index contributed by atoms with van der Waals surface area (Å²) in [5.41, 5.74) is 2.35. The van der Waals surface area contributed by atoms with E-state index in [4.69, 9.17) is 4.74 Å². The van der Waals surface area contributed by atoms with E-state index in [1.54, 1.807) is 12.4 Å². The molecule has 0 aliphatic heterocycles. The van der Waals surface area contributed by atoms with Gasteiger partial charge in [-0.2, -0.15) is 0 Å². The summed E-state index contributed by atoms with van der Waals surface area (Å²) in [5, 5.41) is 4.85. The lowest BCUT2D eigenvalue weighted by Gasteiger charge is -2.22. The first kappa shape index (κ1) is 21.5. The van der Waals surface area contributed by atoms with Gasteiger partial charge in [-0.15, -0.1) is 0 Å². The zero-order chi connectivity index (χ0) is 21.7. The van der Waals surface area contributed by atoms with Crippen LogP contribution in [0, 0.1) is 6.92 Å². The maximum Gasteiger partial charge on any atom is 0.407 e. The third kappa shape index (κ3) is 5.89. The molecule has 1 N–H and O–H groups in total. The van der Waals surface area contributed by atoms with Crippen molar-refractivity contribution < 1.29 is 14.3 Å². The summed E-state index contributed by atoms with van der Waals surface area (Å²) in [5.74, 6) is -0.408. The molecule has 5 nitrogen and oxygen atoms in total. The van der Waals surface area contributed by atoms with Crippen LogP contribution in [0.4, 0.5) is 4.79 Å². The number of ketones is 1. The van der Waals surface area contributed by atoms with E-state index in [9.17, 15) is 9.59 Å². The summed E-state index contributed by atoms with van der Waals surface area (Å²) in [6.45, 7) is 7.62. The molecule has 5 heteroatoms. The van der Waals surface area contributed by atoms with E-state index in [1.807, 2.05) is 76.2 Å². The minimum absolute atomic E-state index is 0.0447. The van der Waals surface area contributed by atoms with E-state index in [0.29, 0.717) is 0 Å². The fourth-order valence-electron chi connectivity index (χ4n) is 3.28. The highest BCUT2D eigenvalue weighted by atomic mass is 16.6. The average molecular weight is 405 g/mol. The van der Waals surface area contributed by atoms with E-state index in [2.05, 4.69) is 10.3 Å². The van der Waals surface area contributed by atoms with E-state index in [0.717, 1.165) is 27.5 Å². The molecule has 1 heterocycles. The molecular weight excluding hydrogens is 376 g/mol. The molecule has 0 bridgehead atoms. The van der Waals surface area contributed by atoms with Gasteiger partial charge in [0.05, 0.1) is 5.92 Å². The first-order valence-corrected chi connectivity index (χ1v) is 10.1. The molecule has 1 unspecified atom stereocenters. The highest BCUT2D eigenvalue weighted by Gasteiger charge is 2.23. The van der Waals surface area contributed by atoms with Crippen molar-refractivity contribution in [1.82, 2.24) is 10.3 Å². The number of fused-ring (bicyclic) bond motifs is 1. The van der Waals surface area contributed by atoms with Crippen molar-refractivity contribution in [1.29, 1.82) is 0 Å². The number of pyridine rings is 1. The van der Waals surface area contributed by atoms with Gasteiger partial charge >= 0.3 is 6.09 Å². The van der Waals surface area contributed by atoms with Crippen molar-refractivity contribution in [3.05, 3.63) is 77.6 Å². The van der Waals surface area contributed by atoms with Crippen LogP contribution in [0.15, 0.2) is 60.9 Å². The number of hydrogen-bond donors (Lipinski definition) is 1. The van der Waals surface area contributed by atoms with E-state index >= 15 is 0 Å². The van der Waals surface area contributed by atoms with Gasteiger partial charge in [0.25, 0.3) is 0 Å². The summed E-state index contributed by atoms with van der Waals surface area (Å²) < 4.78 is 5.32. The van der Waals surface area contributed by atoms with Crippen LogP contribution in [0.2, 0.25) is 0 Å². The first-order chi connectivity index (χ1) is 14.2. The Hall–Kier alpha value is -3.21. The molecular formula is C25H28N2O3. The molecule has 2 aromatic carbocycles. The third-order valence-corrected chi connectivity index (χ3v) is 4.80. The molecule has 3 rings (SSSR count). The number of ether oxygens (including phenoxy) is 1. The van der Waals surface area contributed by atoms with Crippen LogP contribution < -0.4 is 5.32 Å². The lowest BCUT2D eigenvalue weighted by atomic mass is 9.90. The van der Waals surface area contributed by atoms with Gasteiger partial charge in [-0.1, -0.05) is 48.0 Å². The summed E-state index contributed by atoms with van der Waals surface area (Å²) in [6, 6.07) is 15.7. The van der Waals surface area contributed by atoms with Gasteiger partial charge in [0, 0.05) is 30.7 Å². The number of hydrogen-bond acceptors (Lipinski definition) is 4. The second-order valence-electron chi connectivity index (χ2n) is 8.55. The molecule has 156 valence electrons. The van der Waals surface area contributed by atoms with Gasteiger partial charge in [0.2, 0.25) is 0 Å². The van der Waals surface area contributed by atoms with Crippen molar-refractivity contribution >= 4 is 22.6 Å². The number of amides is 1. The Kier molecular flexibility index (Phi) is 6.50. The van der Waals surface area contributed by atoms with Gasteiger partial charge < -0.3 is 10.1 Å². The Morgan fingerprint density at radius 2 is 1.77 bits per heavy atom. The Bertz CT molecular complexity index is 1040. The highest BCUT2D eigenvalue weighted by Crippen LogP contribution is 2.21. The fourth-order valence-corrected chi connectivity index (χ4v) is 3.28. The van der Waals surface area contributed by atoms with Crippen LogP contribution in [0.25, 0.3) is 10.8 Å². The van der Waals surface area contributed by atoms with Crippen LogP contribution in [-0.2, 0) is 16.0 Å². The van der Waals surface area contributed by atoms with Crippen LogP contribution in [0.3, 0.4) is 0 Å². The molecule has 0 aliphatic carbocycles. The quantitative estimate of drug-likeness (QED) is 0.630. The van der Waals surface area contributed by atoms with Crippen molar-refractivity contribution in [2.24, 2.45) is 0 Å². The molecule has 1 atom stereocenters. The predicted molar refractivity (Wildman–Crippen MR) is 119 cm³/mol. The number of carbonyl (C=O) groups excluding carboxylic acids is 2. The lowest BCUT2D eigenvalue weighted by Crippen LogP contribution is -2.36. The number of alkyl carbamates (subject to hydrolysis) is 1. The number of Topliss-reactive ketones (excluding diaryl/α,β-unsaturated/α-hetero) is 1. The maximum absolute atomic E-state index is 13.2. The van der Waals surface area contributed by atoms with Gasteiger partial charge in [-0.3, -0.25) is 9.78 Å². The number of aromatic nitrogens is 1. The molecule has 1 aromatic heterocycles. The Morgan fingerprint density at radius 3 is 2.47 bits per heavy atom. The SMILES string of the molecule is Cc1ccc(C(CNC(=O)OC(C)(C)C)C(=O)Cc2ccc3cnccc3c2)cc1. The number of rotatable bonds is 6. The molecule has 0 saturated carbocycles. The number of carbonyl (C=O) groups is 2. The molecule has 0 saturated heterocycles. The molecule has 0 aliphatic rings. The van der Waals surface area contributed by atoms with E-state index < -0.39 is 17.6 Å². The predicted octanol–water partition coefficient (Wildman–Crippen LogP) is 4.96. The van der Waals surface area contributed by atoms with Crippen molar-refractivity contribution in [2.45, 2.75) is 45.6 Å². The normalized spacial score (nSPS) is 12.4. The Morgan fingerprint density at radius 1 is 1.03 bits per heavy atom. The number of aryl methyl sites for hydroxylation is 1. The third-order valence-electron chi connectivity index (χ3n) is 4.80. The van der Waals surface area contributed by atoms with Gasteiger partial charge in [0.1, 0.15) is 11.4 Å². The van der Waals surface area contributed by atoms with Crippen LogP contribution in [-0.4, -0.2) is 29.0 Å². The highest BCUT2D eigenvalue weighted by molar-refractivity contribution is 5.90. The second kappa shape index (κ2) is 9.08.